The van der Waals surface area contributed by atoms with Crippen molar-refractivity contribution < 1.29 is 4.74 Å². The van der Waals surface area contributed by atoms with Gasteiger partial charge in [0.2, 0.25) is 0 Å². The molecule has 1 nitrogen and oxygen atoms in total. The summed E-state index contributed by atoms with van der Waals surface area (Å²) in [6, 6.07) is 0. The number of ether oxygens (including phenoxy) is 1. The lowest BCUT2D eigenvalue weighted by atomic mass is 10.0. The van der Waals surface area contributed by atoms with Crippen molar-refractivity contribution in [2.24, 2.45) is 0 Å². The Morgan fingerprint density at radius 3 is 2.80 bits per heavy atom. The third kappa shape index (κ3) is 9.07. The lowest BCUT2D eigenvalue weighted by Crippen LogP contribution is -2.18. The first-order chi connectivity index (χ1) is 9.86. The summed E-state index contributed by atoms with van der Waals surface area (Å²) in [6.45, 7) is 7.26. The molecular weight excluding hydrogens is 264 g/mol. The van der Waals surface area contributed by atoms with Crippen molar-refractivity contribution in [3.8, 4) is 0 Å². The molecule has 0 aliphatic carbocycles. The Morgan fingerprint density at radius 2 is 2.10 bits per heavy atom. The molecule has 1 aliphatic rings. The van der Waals surface area contributed by atoms with Crippen LogP contribution in [-0.4, -0.2) is 23.7 Å². The van der Waals surface area contributed by atoms with Gasteiger partial charge < -0.3 is 4.74 Å². The maximum atomic E-state index is 5.78. The molecule has 118 valence electrons. The molecule has 0 spiro atoms. The maximum absolute atomic E-state index is 5.78. The lowest BCUT2D eigenvalue weighted by Gasteiger charge is -2.22. The summed E-state index contributed by atoms with van der Waals surface area (Å²) in [5.74, 6) is 1.29. The fourth-order valence-electron chi connectivity index (χ4n) is 2.79. The van der Waals surface area contributed by atoms with Crippen molar-refractivity contribution in [2.75, 3.05) is 12.4 Å². The van der Waals surface area contributed by atoms with Crippen LogP contribution in [-0.2, 0) is 4.74 Å². The number of unbranched alkanes of at least 4 members (excludes halogenated alkanes) is 4. The molecule has 1 rings (SSSR count). The van der Waals surface area contributed by atoms with E-state index < -0.39 is 0 Å². The minimum absolute atomic E-state index is 0.568. The summed E-state index contributed by atoms with van der Waals surface area (Å²) in [6.07, 6.45) is 17.4. The van der Waals surface area contributed by atoms with Crippen LogP contribution < -0.4 is 0 Å². The normalized spacial score (nSPS) is 20.8. The molecule has 2 heteroatoms. The highest BCUT2D eigenvalue weighted by atomic mass is 32.2. The van der Waals surface area contributed by atoms with Gasteiger partial charge in [0.05, 0.1) is 6.10 Å². The predicted octanol–water partition coefficient (Wildman–Crippen LogP) is 5.98. The summed E-state index contributed by atoms with van der Waals surface area (Å²) in [4.78, 5) is 0. The van der Waals surface area contributed by atoms with Gasteiger partial charge in [0, 0.05) is 11.9 Å². The Labute approximate surface area is 130 Å². The molecule has 0 radical (unpaired) electrons. The van der Waals surface area contributed by atoms with Crippen molar-refractivity contribution in [1.82, 2.24) is 0 Å². The maximum Gasteiger partial charge on any atom is 0.0575 e. The predicted molar refractivity (Wildman–Crippen MR) is 92.6 cm³/mol. The van der Waals surface area contributed by atoms with E-state index >= 15 is 0 Å². The Balaban J connectivity index is 1.93. The van der Waals surface area contributed by atoms with Gasteiger partial charge in [-0.1, -0.05) is 45.1 Å². The van der Waals surface area contributed by atoms with Crippen LogP contribution in [0.2, 0.25) is 0 Å². The van der Waals surface area contributed by atoms with Gasteiger partial charge in [0.15, 0.2) is 0 Å². The van der Waals surface area contributed by atoms with Crippen molar-refractivity contribution in [3.05, 3.63) is 12.7 Å². The molecule has 0 amide bonds. The van der Waals surface area contributed by atoms with Crippen molar-refractivity contribution in [2.45, 2.75) is 88.9 Å². The molecule has 2 unspecified atom stereocenters. The fourth-order valence-corrected chi connectivity index (χ4v) is 3.93. The van der Waals surface area contributed by atoms with Crippen LogP contribution in [0.1, 0.15) is 77.6 Å². The molecule has 2 atom stereocenters. The summed E-state index contributed by atoms with van der Waals surface area (Å²) in [5, 5.41) is 0.679. The summed E-state index contributed by atoms with van der Waals surface area (Å²) >= 11 is 2.11. The highest BCUT2D eigenvalue weighted by Crippen LogP contribution is 2.22. The molecular formula is C18H34OS. The van der Waals surface area contributed by atoms with E-state index in [2.05, 4.69) is 31.3 Å². The molecule has 0 aromatic carbocycles. The molecule has 1 aliphatic heterocycles. The quantitative estimate of drug-likeness (QED) is 0.323. The summed E-state index contributed by atoms with van der Waals surface area (Å²) < 4.78 is 5.78. The first kappa shape index (κ1) is 18.1. The average Bonchev–Trinajstić information content (AvgIpc) is 2.50. The van der Waals surface area contributed by atoms with Gasteiger partial charge in [-0.3, -0.25) is 0 Å². The van der Waals surface area contributed by atoms with E-state index in [1.54, 1.807) is 0 Å². The molecule has 0 aromatic heterocycles. The van der Waals surface area contributed by atoms with Gasteiger partial charge in [0.1, 0.15) is 0 Å². The Morgan fingerprint density at radius 1 is 1.20 bits per heavy atom. The van der Waals surface area contributed by atoms with Gasteiger partial charge >= 0.3 is 0 Å². The number of thioether (sulfide) groups is 1. The van der Waals surface area contributed by atoms with Gasteiger partial charge in [-0.2, -0.15) is 11.8 Å². The van der Waals surface area contributed by atoms with Gasteiger partial charge in [-0.25, -0.2) is 0 Å². The van der Waals surface area contributed by atoms with Gasteiger partial charge in [-0.05, 0) is 44.3 Å². The third-order valence-electron chi connectivity index (χ3n) is 4.13. The van der Waals surface area contributed by atoms with E-state index in [9.17, 15) is 0 Å². The van der Waals surface area contributed by atoms with Crippen molar-refractivity contribution in [1.29, 1.82) is 0 Å². The SMILES string of the molecule is C=CC(CCCCCC)SCCCCC1CCCCO1. The highest BCUT2D eigenvalue weighted by Gasteiger charge is 2.13. The van der Waals surface area contributed by atoms with Crippen LogP contribution in [0.15, 0.2) is 12.7 Å². The van der Waals surface area contributed by atoms with Crippen LogP contribution >= 0.6 is 11.8 Å². The minimum Gasteiger partial charge on any atom is -0.378 e. The standard InChI is InChI=1S/C18H34OS/c1-3-5-6-7-14-18(4-2)20-16-11-9-13-17-12-8-10-15-19-17/h4,17-18H,2-3,5-16H2,1H3. The van der Waals surface area contributed by atoms with Crippen LogP contribution in [0.3, 0.4) is 0 Å². The van der Waals surface area contributed by atoms with E-state index in [0.29, 0.717) is 11.4 Å². The molecule has 1 heterocycles. The smallest absolute Gasteiger partial charge is 0.0575 e. The second-order valence-electron chi connectivity index (χ2n) is 5.98. The molecule has 1 saturated heterocycles. The molecule has 0 saturated carbocycles. The van der Waals surface area contributed by atoms with E-state index in [0.717, 1.165) is 6.61 Å². The zero-order chi connectivity index (χ0) is 14.5. The van der Waals surface area contributed by atoms with E-state index in [1.807, 2.05) is 0 Å². The Hall–Kier alpha value is 0.0500. The van der Waals surface area contributed by atoms with Crippen molar-refractivity contribution in [3.63, 3.8) is 0 Å². The molecule has 0 aromatic rings. The van der Waals surface area contributed by atoms with E-state index in [4.69, 9.17) is 4.74 Å². The van der Waals surface area contributed by atoms with Gasteiger partial charge in [0.25, 0.3) is 0 Å². The van der Waals surface area contributed by atoms with Crippen LogP contribution in [0.4, 0.5) is 0 Å². The van der Waals surface area contributed by atoms with E-state index in [1.165, 1.54) is 76.4 Å². The van der Waals surface area contributed by atoms with Crippen LogP contribution in [0.5, 0.6) is 0 Å². The monoisotopic (exact) mass is 298 g/mol. The zero-order valence-electron chi connectivity index (χ0n) is 13.4. The van der Waals surface area contributed by atoms with E-state index in [-0.39, 0.29) is 0 Å². The summed E-state index contributed by atoms with van der Waals surface area (Å²) in [5.41, 5.74) is 0. The second-order valence-corrected chi connectivity index (χ2v) is 7.33. The average molecular weight is 299 g/mol. The number of rotatable bonds is 12. The zero-order valence-corrected chi connectivity index (χ0v) is 14.3. The first-order valence-corrected chi connectivity index (χ1v) is 9.77. The summed E-state index contributed by atoms with van der Waals surface area (Å²) in [7, 11) is 0. The number of hydrogen-bond acceptors (Lipinski definition) is 2. The molecule has 0 N–H and O–H groups in total. The van der Waals surface area contributed by atoms with Gasteiger partial charge in [-0.15, -0.1) is 6.58 Å². The minimum atomic E-state index is 0.568. The molecule has 20 heavy (non-hydrogen) atoms. The number of hydrogen-bond donors (Lipinski definition) is 0. The van der Waals surface area contributed by atoms with Crippen molar-refractivity contribution >= 4 is 11.8 Å². The molecule has 1 fully saturated rings. The van der Waals surface area contributed by atoms with Crippen LogP contribution in [0, 0.1) is 0 Å². The fraction of sp³-hybridized carbons (Fsp3) is 0.889. The topological polar surface area (TPSA) is 9.23 Å². The second kappa shape index (κ2) is 12.8. The highest BCUT2D eigenvalue weighted by molar-refractivity contribution is 8.00. The Kier molecular flexibility index (Phi) is 11.6. The lowest BCUT2D eigenvalue weighted by molar-refractivity contribution is 0.0101. The molecule has 0 bridgehead atoms. The largest absolute Gasteiger partial charge is 0.378 e. The first-order valence-electron chi connectivity index (χ1n) is 8.72. The Bertz CT molecular complexity index is 223. The third-order valence-corrected chi connectivity index (χ3v) is 5.51. The van der Waals surface area contributed by atoms with Crippen LogP contribution in [0.25, 0.3) is 0 Å².